The predicted octanol–water partition coefficient (Wildman–Crippen LogP) is 5.13. The van der Waals surface area contributed by atoms with Crippen LogP contribution >= 0.6 is 0 Å². The highest BCUT2D eigenvalue weighted by atomic mass is 16.5. The molecule has 0 aliphatic carbocycles. The Morgan fingerprint density at radius 1 is 1.04 bits per heavy atom. The van der Waals surface area contributed by atoms with Crippen molar-refractivity contribution in [1.82, 2.24) is 0 Å². The van der Waals surface area contributed by atoms with Gasteiger partial charge in [0.2, 0.25) is 0 Å². The molecule has 0 spiro atoms. The number of rotatable bonds is 4. The van der Waals surface area contributed by atoms with Crippen molar-refractivity contribution in [3.63, 3.8) is 0 Å². The highest BCUT2D eigenvalue weighted by Gasteiger charge is 2.47. The largest absolute Gasteiger partial charge is 0.426 e. The molecule has 1 aromatic carbocycles. The SMILES string of the molecule is CC(O)c1ccc(OC(=O)C(C)(CC(C)(C)C)C(C)(C)C)cc1. The Morgan fingerprint density at radius 2 is 1.52 bits per heavy atom. The summed E-state index contributed by atoms with van der Waals surface area (Å²) in [6.07, 6.45) is 0.217. The zero-order valence-corrected chi connectivity index (χ0v) is 15.9. The van der Waals surface area contributed by atoms with E-state index in [1.807, 2.05) is 6.92 Å². The number of ether oxygens (including phenoxy) is 1. The number of hydrogen-bond acceptors (Lipinski definition) is 3. The van der Waals surface area contributed by atoms with Crippen molar-refractivity contribution >= 4 is 5.97 Å². The first-order valence-electron chi connectivity index (χ1n) is 8.27. The van der Waals surface area contributed by atoms with Crippen LogP contribution in [0.2, 0.25) is 0 Å². The number of aliphatic hydroxyl groups excluding tert-OH is 1. The summed E-state index contributed by atoms with van der Waals surface area (Å²) in [6.45, 7) is 16.4. The summed E-state index contributed by atoms with van der Waals surface area (Å²) < 4.78 is 5.67. The fourth-order valence-electron chi connectivity index (χ4n) is 2.74. The quantitative estimate of drug-likeness (QED) is 0.617. The number of carbonyl (C=O) groups excluding carboxylic acids is 1. The zero-order valence-electron chi connectivity index (χ0n) is 15.9. The van der Waals surface area contributed by atoms with Crippen molar-refractivity contribution in [2.45, 2.75) is 67.9 Å². The predicted molar refractivity (Wildman–Crippen MR) is 94.3 cm³/mol. The molecular formula is C20H32O3. The second-order valence-electron chi connectivity index (χ2n) is 8.95. The molecule has 0 radical (unpaired) electrons. The minimum absolute atomic E-state index is 0.0250. The fourth-order valence-corrected chi connectivity index (χ4v) is 2.74. The van der Waals surface area contributed by atoms with E-state index in [0.717, 1.165) is 12.0 Å². The van der Waals surface area contributed by atoms with Gasteiger partial charge in [0.25, 0.3) is 0 Å². The number of carbonyl (C=O) groups is 1. The molecule has 0 fully saturated rings. The topological polar surface area (TPSA) is 46.5 Å². The molecule has 130 valence electrons. The summed E-state index contributed by atoms with van der Waals surface area (Å²) in [4.78, 5) is 12.9. The normalized spacial score (nSPS) is 16.6. The Labute approximate surface area is 141 Å². The summed E-state index contributed by atoms with van der Waals surface area (Å²) in [6, 6.07) is 7.04. The summed E-state index contributed by atoms with van der Waals surface area (Å²) in [5, 5.41) is 9.55. The standard InChI is InChI=1S/C20H32O3/c1-14(21)15-9-11-16(12-10-15)23-17(22)20(8,19(5,6)7)13-18(2,3)4/h9-12,14,21H,13H2,1-8H3. The van der Waals surface area contributed by atoms with Crippen molar-refractivity contribution in [1.29, 1.82) is 0 Å². The van der Waals surface area contributed by atoms with E-state index in [1.165, 1.54) is 0 Å². The van der Waals surface area contributed by atoms with Gasteiger partial charge < -0.3 is 9.84 Å². The van der Waals surface area contributed by atoms with Crippen LogP contribution in [0.25, 0.3) is 0 Å². The Kier molecular flexibility index (Phi) is 5.69. The van der Waals surface area contributed by atoms with Gasteiger partial charge in [0.15, 0.2) is 0 Å². The molecule has 2 atom stereocenters. The summed E-state index contributed by atoms with van der Waals surface area (Å²) >= 11 is 0. The molecule has 0 bridgehead atoms. The fraction of sp³-hybridized carbons (Fsp3) is 0.650. The van der Waals surface area contributed by atoms with Gasteiger partial charge in [0, 0.05) is 0 Å². The summed E-state index contributed by atoms with van der Waals surface area (Å²) in [5.41, 5.74) is 0.0283. The monoisotopic (exact) mass is 320 g/mol. The van der Waals surface area contributed by atoms with E-state index < -0.39 is 11.5 Å². The molecule has 0 aromatic heterocycles. The Bertz CT molecular complexity index is 529. The van der Waals surface area contributed by atoms with Crippen molar-refractivity contribution in [2.24, 2.45) is 16.2 Å². The van der Waals surface area contributed by atoms with Gasteiger partial charge in [-0.05, 0) is 48.8 Å². The lowest BCUT2D eigenvalue weighted by Crippen LogP contribution is -2.45. The molecule has 0 heterocycles. The van der Waals surface area contributed by atoms with Crippen LogP contribution in [0.15, 0.2) is 24.3 Å². The number of aliphatic hydroxyl groups is 1. The first kappa shape index (κ1) is 19.7. The van der Waals surface area contributed by atoms with Gasteiger partial charge in [0.1, 0.15) is 5.75 Å². The van der Waals surface area contributed by atoms with Gasteiger partial charge in [-0.1, -0.05) is 53.7 Å². The third kappa shape index (κ3) is 5.07. The molecule has 2 unspecified atom stereocenters. The van der Waals surface area contributed by atoms with Crippen LogP contribution in [0.3, 0.4) is 0 Å². The lowest BCUT2D eigenvalue weighted by Gasteiger charge is -2.43. The highest BCUT2D eigenvalue weighted by Crippen LogP contribution is 2.47. The van der Waals surface area contributed by atoms with Gasteiger partial charge in [-0.15, -0.1) is 0 Å². The molecule has 3 heteroatoms. The molecule has 1 aromatic rings. The minimum atomic E-state index is -0.589. The van der Waals surface area contributed by atoms with Gasteiger partial charge in [-0.2, -0.15) is 0 Å². The first-order valence-corrected chi connectivity index (χ1v) is 8.27. The molecule has 0 aliphatic heterocycles. The number of benzene rings is 1. The molecule has 3 nitrogen and oxygen atoms in total. The molecular weight excluding hydrogens is 288 g/mol. The van der Waals surface area contributed by atoms with Crippen molar-refractivity contribution in [3.8, 4) is 5.75 Å². The molecule has 1 N–H and O–H groups in total. The van der Waals surface area contributed by atoms with Crippen LogP contribution in [0.4, 0.5) is 0 Å². The van der Waals surface area contributed by atoms with E-state index in [4.69, 9.17) is 4.74 Å². The van der Waals surface area contributed by atoms with Crippen LogP contribution in [-0.4, -0.2) is 11.1 Å². The second kappa shape index (κ2) is 6.64. The van der Waals surface area contributed by atoms with Crippen LogP contribution in [0, 0.1) is 16.2 Å². The summed E-state index contributed by atoms with van der Waals surface area (Å²) in [5.74, 6) is 0.313. The maximum absolute atomic E-state index is 12.9. The molecule has 0 saturated heterocycles. The highest BCUT2D eigenvalue weighted by molar-refractivity contribution is 5.79. The van der Waals surface area contributed by atoms with E-state index in [0.29, 0.717) is 5.75 Å². The van der Waals surface area contributed by atoms with E-state index in [-0.39, 0.29) is 16.8 Å². The average Bonchev–Trinajstić information content (AvgIpc) is 2.35. The molecule has 0 amide bonds. The minimum Gasteiger partial charge on any atom is -0.426 e. The van der Waals surface area contributed by atoms with Gasteiger partial charge in [-0.3, -0.25) is 4.79 Å². The van der Waals surface area contributed by atoms with Crippen LogP contribution in [-0.2, 0) is 4.79 Å². The number of esters is 1. The Hall–Kier alpha value is -1.35. The van der Waals surface area contributed by atoms with Crippen LogP contribution < -0.4 is 4.74 Å². The molecule has 0 aliphatic rings. The molecule has 23 heavy (non-hydrogen) atoms. The zero-order chi connectivity index (χ0) is 18.1. The number of hydrogen-bond donors (Lipinski definition) is 1. The maximum Gasteiger partial charge on any atom is 0.317 e. The van der Waals surface area contributed by atoms with Gasteiger partial charge in [0.05, 0.1) is 11.5 Å². The second-order valence-corrected chi connectivity index (χ2v) is 8.95. The van der Waals surface area contributed by atoms with Crippen molar-refractivity contribution < 1.29 is 14.6 Å². The summed E-state index contributed by atoms with van der Waals surface area (Å²) in [7, 11) is 0. The molecule has 1 rings (SSSR count). The first-order chi connectivity index (χ1) is 10.3. The smallest absolute Gasteiger partial charge is 0.317 e. The van der Waals surface area contributed by atoms with Gasteiger partial charge in [-0.25, -0.2) is 0 Å². The van der Waals surface area contributed by atoms with E-state index in [1.54, 1.807) is 31.2 Å². The third-order valence-corrected chi connectivity index (χ3v) is 4.56. The van der Waals surface area contributed by atoms with Gasteiger partial charge >= 0.3 is 5.97 Å². The third-order valence-electron chi connectivity index (χ3n) is 4.56. The van der Waals surface area contributed by atoms with Crippen molar-refractivity contribution in [3.05, 3.63) is 29.8 Å². The lowest BCUT2D eigenvalue weighted by atomic mass is 9.61. The van der Waals surface area contributed by atoms with Crippen molar-refractivity contribution in [2.75, 3.05) is 0 Å². The van der Waals surface area contributed by atoms with E-state index >= 15 is 0 Å². The van der Waals surface area contributed by atoms with Crippen LogP contribution in [0.5, 0.6) is 5.75 Å². The maximum atomic E-state index is 12.9. The average molecular weight is 320 g/mol. The lowest BCUT2D eigenvalue weighted by molar-refractivity contribution is -0.154. The van der Waals surface area contributed by atoms with Crippen LogP contribution in [0.1, 0.15) is 73.5 Å². The van der Waals surface area contributed by atoms with E-state index in [9.17, 15) is 9.90 Å². The Morgan fingerprint density at radius 3 is 1.87 bits per heavy atom. The van der Waals surface area contributed by atoms with E-state index in [2.05, 4.69) is 41.5 Å². The molecule has 0 saturated carbocycles. The Balaban J connectivity index is 3.02.